The fraction of sp³-hybridized carbons (Fsp3) is 0.389. The molecule has 1 N–H and O–H groups in total. The maximum atomic E-state index is 12.2. The van der Waals surface area contributed by atoms with E-state index in [9.17, 15) is 4.79 Å². The molecule has 0 aliphatic carbocycles. The highest BCUT2D eigenvalue weighted by atomic mass is 16.5. The molecule has 4 heteroatoms. The van der Waals surface area contributed by atoms with Crippen molar-refractivity contribution in [1.29, 1.82) is 0 Å². The molecule has 0 radical (unpaired) electrons. The van der Waals surface area contributed by atoms with E-state index >= 15 is 0 Å². The summed E-state index contributed by atoms with van der Waals surface area (Å²) in [7, 11) is 3.24. The van der Waals surface area contributed by atoms with Crippen LogP contribution in [0.1, 0.15) is 12.5 Å². The van der Waals surface area contributed by atoms with Gasteiger partial charge in [-0.15, -0.1) is 0 Å². The van der Waals surface area contributed by atoms with Gasteiger partial charge in [0.1, 0.15) is 5.60 Å². The second-order valence-electron chi connectivity index (χ2n) is 5.68. The summed E-state index contributed by atoms with van der Waals surface area (Å²) in [4.78, 5) is 12.2. The predicted molar refractivity (Wildman–Crippen MR) is 88.0 cm³/mol. The highest BCUT2D eigenvalue weighted by Gasteiger charge is 2.24. The van der Waals surface area contributed by atoms with Gasteiger partial charge in [0.25, 0.3) is 0 Å². The van der Waals surface area contributed by atoms with E-state index in [0.717, 1.165) is 16.3 Å². The van der Waals surface area contributed by atoms with Crippen LogP contribution < -0.4 is 5.32 Å². The Balaban J connectivity index is 2.02. The summed E-state index contributed by atoms with van der Waals surface area (Å²) >= 11 is 0. The zero-order valence-corrected chi connectivity index (χ0v) is 13.4. The number of nitrogens with one attached hydrogen (secondary N) is 1. The zero-order valence-electron chi connectivity index (χ0n) is 13.4. The van der Waals surface area contributed by atoms with Crippen LogP contribution in [-0.4, -0.2) is 38.9 Å². The van der Waals surface area contributed by atoms with E-state index in [0.29, 0.717) is 19.6 Å². The van der Waals surface area contributed by atoms with Gasteiger partial charge in [0.15, 0.2) is 0 Å². The van der Waals surface area contributed by atoms with E-state index in [-0.39, 0.29) is 5.91 Å². The molecule has 2 aromatic carbocycles. The minimum atomic E-state index is -0.511. The second-order valence-corrected chi connectivity index (χ2v) is 5.68. The van der Waals surface area contributed by atoms with Crippen LogP contribution in [0.5, 0.6) is 0 Å². The maximum Gasteiger partial charge on any atom is 0.224 e. The van der Waals surface area contributed by atoms with Crippen molar-refractivity contribution in [3.8, 4) is 0 Å². The van der Waals surface area contributed by atoms with Crippen LogP contribution in [-0.2, 0) is 20.7 Å². The van der Waals surface area contributed by atoms with E-state index in [1.54, 1.807) is 14.2 Å². The summed E-state index contributed by atoms with van der Waals surface area (Å²) in [6.07, 6.45) is 0.355. The van der Waals surface area contributed by atoms with E-state index in [1.807, 2.05) is 37.3 Å². The number of methoxy groups -OCH3 is 2. The first kappa shape index (κ1) is 16.5. The quantitative estimate of drug-likeness (QED) is 0.855. The van der Waals surface area contributed by atoms with Gasteiger partial charge in [-0.1, -0.05) is 42.5 Å². The SMILES string of the molecule is COC[C@@](C)(CNC(=O)Cc1cccc2ccccc12)OC. The molecule has 22 heavy (non-hydrogen) atoms. The molecule has 118 valence electrons. The number of fused-ring (bicyclic) bond motifs is 1. The van der Waals surface area contributed by atoms with Crippen LogP contribution in [0.3, 0.4) is 0 Å². The van der Waals surface area contributed by atoms with Crippen molar-refractivity contribution in [2.75, 3.05) is 27.4 Å². The summed E-state index contributed by atoms with van der Waals surface area (Å²) < 4.78 is 10.5. The van der Waals surface area contributed by atoms with E-state index in [2.05, 4.69) is 17.4 Å². The minimum Gasteiger partial charge on any atom is -0.382 e. The van der Waals surface area contributed by atoms with Crippen molar-refractivity contribution in [2.45, 2.75) is 18.9 Å². The van der Waals surface area contributed by atoms with Crippen LogP contribution in [0.4, 0.5) is 0 Å². The van der Waals surface area contributed by atoms with Crippen LogP contribution in [0.25, 0.3) is 10.8 Å². The van der Waals surface area contributed by atoms with Crippen LogP contribution >= 0.6 is 0 Å². The molecule has 2 aromatic rings. The van der Waals surface area contributed by atoms with Gasteiger partial charge in [0, 0.05) is 20.8 Å². The van der Waals surface area contributed by atoms with Crippen molar-refractivity contribution in [2.24, 2.45) is 0 Å². The molecule has 0 aliphatic rings. The Hall–Kier alpha value is -1.91. The topological polar surface area (TPSA) is 47.6 Å². The summed E-state index contributed by atoms with van der Waals surface area (Å²) in [5.74, 6) is -0.0178. The molecule has 0 spiro atoms. The van der Waals surface area contributed by atoms with Crippen molar-refractivity contribution in [3.05, 3.63) is 48.0 Å². The first-order valence-corrected chi connectivity index (χ1v) is 7.35. The third-order valence-electron chi connectivity index (χ3n) is 3.83. The first-order valence-electron chi connectivity index (χ1n) is 7.35. The standard InChI is InChI=1S/C18H23NO3/c1-18(22-3,13-21-2)12-19-17(20)11-15-9-6-8-14-7-4-5-10-16(14)15/h4-10H,11-13H2,1-3H3,(H,19,20)/t18-/m1/s1. The molecule has 0 fully saturated rings. The van der Waals surface area contributed by atoms with Gasteiger partial charge < -0.3 is 14.8 Å². The molecule has 1 atom stereocenters. The molecule has 2 rings (SSSR count). The molecule has 1 amide bonds. The van der Waals surface area contributed by atoms with Gasteiger partial charge >= 0.3 is 0 Å². The molecule has 0 unspecified atom stereocenters. The molecule has 0 aromatic heterocycles. The van der Waals surface area contributed by atoms with Gasteiger partial charge in [-0.3, -0.25) is 4.79 Å². The van der Waals surface area contributed by atoms with Crippen molar-refractivity contribution >= 4 is 16.7 Å². The van der Waals surface area contributed by atoms with E-state index in [1.165, 1.54) is 0 Å². The third-order valence-corrected chi connectivity index (χ3v) is 3.83. The largest absolute Gasteiger partial charge is 0.382 e. The van der Waals surface area contributed by atoms with Crippen LogP contribution in [0, 0.1) is 0 Å². The Labute approximate surface area is 131 Å². The highest BCUT2D eigenvalue weighted by Crippen LogP contribution is 2.19. The monoisotopic (exact) mass is 301 g/mol. The zero-order chi connectivity index (χ0) is 16.0. The molecule has 0 saturated heterocycles. The number of ether oxygens (including phenoxy) is 2. The third kappa shape index (κ3) is 4.06. The maximum absolute atomic E-state index is 12.2. The van der Waals surface area contributed by atoms with E-state index in [4.69, 9.17) is 9.47 Å². The Morgan fingerprint density at radius 3 is 2.59 bits per heavy atom. The average molecular weight is 301 g/mol. The highest BCUT2D eigenvalue weighted by molar-refractivity contribution is 5.90. The summed E-state index contributed by atoms with van der Waals surface area (Å²) in [6.45, 7) is 2.76. The van der Waals surface area contributed by atoms with Gasteiger partial charge in [-0.05, 0) is 23.3 Å². The Bertz CT molecular complexity index is 636. The predicted octanol–water partition coefficient (Wildman–Crippen LogP) is 2.55. The number of amides is 1. The second kappa shape index (κ2) is 7.38. The molecule has 0 heterocycles. The fourth-order valence-electron chi connectivity index (χ4n) is 2.46. The van der Waals surface area contributed by atoms with Gasteiger partial charge in [-0.25, -0.2) is 0 Å². The van der Waals surface area contributed by atoms with Crippen LogP contribution in [0.2, 0.25) is 0 Å². The number of benzene rings is 2. The lowest BCUT2D eigenvalue weighted by molar-refractivity contribution is -0.122. The number of carbonyl (C=O) groups is 1. The molecule has 0 aliphatic heterocycles. The lowest BCUT2D eigenvalue weighted by Crippen LogP contribution is -2.45. The number of hydrogen-bond donors (Lipinski definition) is 1. The summed E-state index contributed by atoms with van der Waals surface area (Å²) in [5.41, 5.74) is 0.518. The minimum absolute atomic E-state index is 0.0178. The first-order chi connectivity index (χ1) is 10.6. The lowest BCUT2D eigenvalue weighted by Gasteiger charge is -2.27. The Morgan fingerprint density at radius 2 is 1.86 bits per heavy atom. The summed E-state index contributed by atoms with van der Waals surface area (Å²) in [5, 5.41) is 5.19. The average Bonchev–Trinajstić information content (AvgIpc) is 2.54. The summed E-state index contributed by atoms with van der Waals surface area (Å²) in [6, 6.07) is 14.1. The molecular formula is C18H23NO3. The van der Waals surface area contributed by atoms with Gasteiger partial charge in [0.05, 0.1) is 13.0 Å². The molecule has 0 saturated carbocycles. The van der Waals surface area contributed by atoms with E-state index < -0.39 is 5.60 Å². The smallest absolute Gasteiger partial charge is 0.224 e. The van der Waals surface area contributed by atoms with Crippen molar-refractivity contribution in [1.82, 2.24) is 5.32 Å². The van der Waals surface area contributed by atoms with Crippen molar-refractivity contribution in [3.63, 3.8) is 0 Å². The van der Waals surface area contributed by atoms with Crippen LogP contribution in [0.15, 0.2) is 42.5 Å². The number of rotatable bonds is 7. The number of carbonyl (C=O) groups excluding carboxylic acids is 1. The lowest BCUT2D eigenvalue weighted by atomic mass is 10.0. The molecule has 0 bridgehead atoms. The van der Waals surface area contributed by atoms with Crippen molar-refractivity contribution < 1.29 is 14.3 Å². The Morgan fingerprint density at radius 1 is 1.14 bits per heavy atom. The molecule has 4 nitrogen and oxygen atoms in total. The number of hydrogen-bond acceptors (Lipinski definition) is 3. The van der Waals surface area contributed by atoms with Gasteiger partial charge in [-0.2, -0.15) is 0 Å². The molecular weight excluding hydrogens is 278 g/mol. The fourth-order valence-corrected chi connectivity index (χ4v) is 2.46. The van der Waals surface area contributed by atoms with Gasteiger partial charge in [0.2, 0.25) is 5.91 Å². The normalized spacial score (nSPS) is 13.8. The Kier molecular flexibility index (Phi) is 5.52.